The smallest absolute Gasteiger partial charge is 0.337 e. The zero-order chi connectivity index (χ0) is 10.8. The molecule has 0 saturated heterocycles. The summed E-state index contributed by atoms with van der Waals surface area (Å²) < 4.78 is 4.71. The molecular weight excluding hydrogens is 188 g/mol. The number of rotatable bonds is 2. The van der Waals surface area contributed by atoms with Crippen LogP contribution in [0.4, 0.5) is 0 Å². The first-order valence-electron chi connectivity index (χ1n) is 5.44. The maximum Gasteiger partial charge on any atom is 0.337 e. The van der Waals surface area contributed by atoms with Crippen LogP contribution in [0.2, 0.25) is 0 Å². The van der Waals surface area contributed by atoms with Crippen molar-refractivity contribution in [2.45, 2.75) is 26.2 Å². The maximum absolute atomic E-state index is 11.3. The number of fused-ring (bicyclic) bond motifs is 1. The second-order valence-corrected chi connectivity index (χ2v) is 4.16. The Balaban J connectivity index is 2.26. The molecule has 1 unspecified atom stereocenters. The van der Waals surface area contributed by atoms with Crippen LogP contribution in [-0.4, -0.2) is 13.1 Å². The normalized spacial score (nSPS) is 18.7. The minimum absolute atomic E-state index is 0.238. The van der Waals surface area contributed by atoms with Gasteiger partial charge in [0.25, 0.3) is 0 Å². The van der Waals surface area contributed by atoms with E-state index in [0.29, 0.717) is 5.56 Å². The first kappa shape index (κ1) is 10.2. The summed E-state index contributed by atoms with van der Waals surface area (Å²) in [6.45, 7) is 2.22. The van der Waals surface area contributed by atoms with E-state index in [0.717, 1.165) is 18.8 Å². The van der Waals surface area contributed by atoms with E-state index in [2.05, 4.69) is 13.0 Å². The predicted octanol–water partition coefficient (Wildman–Crippen LogP) is 2.60. The quantitative estimate of drug-likeness (QED) is 0.692. The number of carbonyl (C=O) groups excluding carboxylic acids is 1. The first-order valence-corrected chi connectivity index (χ1v) is 5.44. The third-order valence-electron chi connectivity index (χ3n) is 3.22. The molecule has 2 nitrogen and oxygen atoms in total. The number of benzene rings is 1. The van der Waals surface area contributed by atoms with Crippen molar-refractivity contribution in [1.82, 2.24) is 0 Å². The molecule has 1 atom stereocenters. The Labute approximate surface area is 90.3 Å². The third-order valence-corrected chi connectivity index (χ3v) is 3.22. The highest BCUT2D eigenvalue weighted by Crippen LogP contribution is 2.29. The average Bonchev–Trinajstić information content (AvgIpc) is 2.69. The summed E-state index contributed by atoms with van der Waals surface area (Å²) in [7, 11) is 1.42. The van der Waals surface area contributed by atoms with E-state index in [1.807, 2.05) is 12.1 Å². The molecule has 1 aliphatic carbocycles. The van der Waals surface area contributed by atoms with E-state index in [4.69, 9.17) is 4.74 Å². The van der Waals surface area contributed by atoms with Crippen molar-refractivity contribution in [3.05, 3.63) is 34.9 Å². The van der Waals surface area contributed by atoms with Crippen molar-refractivity contribution < 1.29 is 9.53 Å². The lowest BCUT2D eigenvalue weighted by molar-refractivity contribution is 0.0600. The maximum atomic E-state index is 11.3. The summed E-state index contributed by atoms with van der Waals surface area (Å²) in [5.41, 5.74) is 3.40. The van der Waals surface area contributed by atoms with Crippen LogP contribution in [0.3, 0.4) is 0 Å². The van der Waals surface area contributed by atoms with Crippen LogP contribution in [0, 0.1) is 5.92 Å². The zero-order valence-electron chi connectivity index (χ0n) is 9.25. The summed E-state index contributed by atoms with van der Waals surface area (Å²) >= 11 is 0. The van der Waals surface area contributed by atoms with Crippen LogP contribution in [0.15, 0.2) is 18.2 Å². The van der Waals surface area contributed by atoms with Gasteiger partial charge in [0.2, 0.25) is 0 Å². The monoisotopic (exact) mass is 204 g/mol. The number of hydrogen-bond donors (Lipinski definition) is 0. The second kappa shape index (κ2) is 4.05. The summed E-state index contributed by atoms with van der Waals surface area (Å²) in [6.07, 6.45) is 3.48. The van der Waals surface area contributed by atoms with Crippen LogP contribution in [0.5, 0.6) is 0 Å². The molecule has 0 saturated carbocycles. The van der Waals surface area contributed by atoms with Gasteiger partial charge in [-0.15, -0.1) is 0 Å². The van der Waals surface area contributed by atoms with Crippen molar-refractivity contribution >= 4 is 5.97 Å². The van der Waals surface area contributed by atoms with Crippen molar-refractivity contribution in [2.24, 2.45) is 5.92 Å². The molecule has 0 aliphatic heterocycles. The second-order valence-electron chi connectivity index (χ2n) is 4.16. The van der Waals surface area contributed by atoms with Gasteiger partial charge in [-0.25, -0.2) is 4.79 Å². The SMILES string of the molecule is CCC1Cc2ccc(C(=O)OC)cc2C1. The number of hydrogen-bond acceptors (Lipinski definition) is 2. The average molecular weight is 204 g/mol. The minimum Gasteiger partial charge on any atom is -0.465 e. The van der Waals surface area contributed by atoms with Crippen LogP contribution < -0.4 is 0 Å². The highest BCUT2D eigenvalue weighted by Gasteiger charge is 2.21. The summed E-state index contributed by atoms with van der Waals surface area (Å²) in [6, 6.07) is 5.91. The van der Waals surface area contributed by atoms with E-state index in [1.165, 1.54) is 24.7 Å². The number of carbonyl (C=O) groups is 1. The highest BCUT2D eigenvalue weighted by molar-refractivity contribution is 5.89. The standard InChI is InChI=1S/C13H16O2/c1-3-9-6-10-4-5-11(13(14)15-2)8-12(10)7-9/h4-5,8-9H,3,6-7H2,1-2H3. The topological polar surface area (TPSA) is 26.3 Å². The van der Waals surface area contributed by atoms with Gasteiger partial charge in [0.05, 0.1) is 12.7 Å². The van der Waals surface area contributed by atoms with E-state index >= 15 is 0 Å². The summed E-state index contributed by atoms with van der Waals surface area (Å²) in [5.74, 6) is 0.519. The van der Waals surface area contributed by atoms with Gasteiger partial charge in [0.15, 0.2) is 0 Å². The lowest BCUT2D eigenvalue weighted by atomic mass is 10.0. The van der Waals surface area contributed by atoms with E-state index < -0.39 is 0 Å². The molecule has 0 amide bonds. The molecule has 2 heteroatoms. The van der Waals surface area contributed by atoms with Gasteiger partial charge >= 0.3 is 5.97 Å². The molecule has 0 spiro atoms. The largest absolute Gasteiger partial charge is 0.465 e. The molecule has 1 aromatic rings. The Morgan fingerprint density at radius 1 is 1.40 bits per heavy atom. The third kappa shape index (κ3) is 1.89. The molecule has 0 radical (unpaired) electrons. The molecule has 80 valence electrons. The lowest BCUT2D eigenvalue weighted by Crippen LogP contribution is -2.01. The fraction of sp³-hybridized carbons (Fsp3) is 0.462. The van der Waals surface area contributed by atoms with Crippen LogP contribution in [-0.2, 0) is 17.6 Å². The molecule has 0 aromatic heterocycles. The van der Waals surface area contributed by atoms with Crippen molar-refractivity contribution in [3.63, 3.8) is 0 Å². The van der Waals surface area contributed by atoms with Gasteiger partial charge in [0.1, 0.15) is 0 Å². The molecule has 15 heavy (non-hydrogen) atoms. The lowest BCUT2D eigenvalue weighted by Gasteiger charge is -2.02. The van der Waals surface area contributed by atoms with Crippen LogP contribution >= 0.6 is 0 Å². The molecule has 2 rings (SSSR count). The van der Waals surface area contributed by atoms with Gasteiger partial charge in [-0.2, -0.15) is 0 Å². The number of methoxy groups -OCH3 is 1. The van der Waals surface area contributed by atoms with Crippen molar-refractivity contribution in [3.8, 4) is 0 Å². The molecule has 0 bridgehead atoms. The molecule has 0 fully saturated rings. The fourth-order valence-electron chi connectivity index (χ4n) is 2.24. The number of ether oxygens (including phenoxy) is 1. The van der Waals surface area contributed by atoms with Crippen LogP contribution in [0.25, 0.3) is 0 Å². The molecule has 1 aliphatic rings. The van der Waals surface area contributed by atoms with Crippen LogP contribution in [0.1, 0.15) is 34.8 Å². The van der Waals surface area contributed by atoms with Gasteiger partial charge in [-0.05, 0) is 42.0 Å². The van der Waals surface area contributed by atoms with Gasteiger partial charge in [0, 0.05) is 0 Å². The highest BCUT2D eigenvalue weighted by atomic mass is 16.5. The van der Waals surface area contributed by atoms with Gasteiger partial charge < -0.3 is 4.74 Å². The molecule has 0 N–H and O–H groups in total. The van der Waals surface area contributed by atoms with E-state index in [-0.39, 0.29) is 5.97 Å². The molecule has 1 aromatic carbocycles. The minimum atomic E-state index is -0.238. The Hall–Kier alpha value is -1.31. The Bertz CT molecular complexity index is 382. The summed E-state index contributed by atoms with van der Waals surface area (Å²) in [4.78, 5) is 11.3. The van der Waals surface area contributed by atoms with Crippen molar-refractivity contribution in [2.75, 3.05) is 7.11 Å². The predicted molar refractivity (Wildman–Crippen MR) is 59.0 cm³/mol. The number of esters is 1. The van der Waals surface area contributed by atoms with E-state index in [9.17, 15) is 4.79 Å². The molecule has 0 heterocycles. The summed E-state index contributed by atoms with van der Waals surface area (Å²) in [5, 5.41) is 0. The van der Waals surface area contributed by atoms with Crippen molar-refractivity contribution in [1.29, 1.82) is 0 Å². The Kier molecular flexibility index (Phi) is 2.76. The Morgan fingerprint density at radius 2 is 2.13 bits per heavy atom. The fourth-order valence-corrected chi connectivity index (χ4v) is 2.24. The Morgan fingerprint density at radius 3 is 2.80 bits per heavy atom. The van der Waals surface area contributed by atoms with Gasteiger partial charge in [-0.1, -0.05) is 19.4 Å². The first-order chi connectivity index (χ1) is 7.24. The zero-order valence-corrected chi connectivity index (χ0v) is 9.25. The van der Waals surface area contributed by atoms with E-state index in [1.54, 1.807) is 0 Å². The van der Waals surface area contributed by atoms with Gasteiger partial charge in [-0.3, -0.25) is 0 Å². The molecular formula is C13H16O2.